The summed E-state index contributed by atoms with van der Waals surface area (Å²) in [5.41, 5.74) is 0. The number of rotatable bonds is 0. The van der Waals surface area contributed by atoms with E-state index in [4.69, 9.17) is 0 Å². The third kappa shape index (κ3) is 22.7. The third-order valence-electron chi connectivity index (χ3n) is 0. The van der Waals surface area contributed by atoms with E-state index in [1.807, 2.05) is 0 Å². The second kappa shape index (κ2) is 16.4. The molecule has 0 spiro atoms. The average molecular weight is 240 g/mol. The first-order valence-corrected chi connectivity index (χ1v) is 0.926. The number of hydrogen-bond donors (Lipinski definition) is 0. The molecule has 0 aromatic heterocycles. The van der Waals surface area contributed by atoms with Gasteiger partial charge in [0.2, 0.25) is 0 Å². The maximum absolute atomic E-state index is 4.26. The van der Waals surface area contributed by atoms with Crippen LogP contribution in [0.25, 0.3) is 0 Å². The predicted octanol–water partition coefficient (Wildman–Crippen LogP) is -0.790. The Bertz CT molecular complexity index is 9.61. The van der Waals surface area contributed by atoms with Gasteiger partial charge in [-0.2, -0.15) is 3.84 Å². The molecule has 0 amide bonds. The molecule has 0 fully saturated rings. The molecule has 0 aromatic rings. The molecule has 0 unspecified atom stereocenters. The first kappa shape index (κ1) is 15.7. The van der Waals surface area contributed by atoms with Crippen molar-refractivity contribution in [3.8, 4) is 0 Å². The molecular formula is H5BBaCl2O. The summed E-state index contributed by atoms with van der Waals surface area (Å²) in [5.74, 6) is 0. The van der Waals surface area contributed by atoms with Crippen LogP contribution in [-0.4, -0.2) is 57.3 Å². The minimum atomic E-state index is 0. The van der Waals surface area contributed by atoms with E-state index in [2.05, 4.69) is 27.6 Å². The molecule has 0 heterocycles. The fourth-order valence-electron chi connectivity index (χ4n) is 0. The summed E-state index contributed by atoms with van der Waals surface area (Å²) in [6.07, 6.45) is 0. The van der Waals surface area contributed by atoms with E-state index in [1.165, 1.54) is 0 Å². The predicted molar refractivity (Wildman–Crippen MR) is 31.3 cm³/mol. The minimum absolute atomic E-state index is 0. The van der Waals surface area contributed by atoms with Gasteiger partial charge in [-0.3, -0.25) is 0 Å². The Morgan fingerprint density at radius 3 is 1.20 bits per heavy atom. The fourth-order valence-corrected chi connectivity index (χ4v) is 0. The van der Waals surface area contributed by atoms with Crippen LogP contribution < -0.4 is 0 Å². The van der Waals surface area contributed by atoms with Gasteiger partial charge in [0.15, 0.2) is 0 Å². The molecule has 1 nitrogen and oxygen atoms in total. The molecule has 0 aliphatic carbocycles. The summed E-state index contributed by atoms with van der Waals surface area (Å²) >= 11 is 8.53. The topological polar surface area (TPSA) is 9.23 Å². The normalized spacial score (nSPS) is 3.60. The maximum atomic E-state index is 4.26. The monoisotopic (exact) mass is 240 g/mol. The van der Waals surface area contributed by atoms with Crippen molar-refractivity contribution in [1.82, 2.24) is 0 Å². The van der Waals surface area contributed by atoms with Gasteiger partial charge >= 0.3 is 48.9 Å². The van der Waals surface area contributed by atoms with E-state index in [9.17, 15) is 0 Å². The summed E-state index contributed by atoms with van der Waals surface area (Å²) in [6, 6.07) is 0. The van der Waals surface area contributed by atoms with Crippen LogP contribution in [0.5, 0.6) is 0 Å². The van der Waals surface area contributed by atoms with Crippen molar-refractivity contribution >= 4 is 81.0 Å². The third-order valence-corrected chi connectivity index (χ3v) is 0. The van der Waals surface area contributed by atoms with E-state index in [0.29, 0.717) is 0 Å². The van der Waals surface area contributed by atoms with Crippen LogP contribution in [0.3, 0.4) is 0 Å². The molecule has 0 radical (unpaired) electrons. The van der Waals surface area contributed by atoms with Crippen LogP contribution in [0.15, 0.2) is 0 Å². The van der Waals surface area contributed by atoms with Crippen LogP contribution in [0.2, 0.25) is 0 Å². The summed E-state index contributed by atoms with van der Waals surface area (Å²) in [5, 5.41) is 0. The second-order valence-corrected chi connectivity index (χ2v) is 0.525. The molecule has 0 aliphatic heterocycles. The second-order valence-electron chi connectivity index (χ2n) is 0.0583. The Labute approximate surface area is 83.3 Å². The van der Waals surface area contributed by atoms with E-state index in [-0.39, 0.29) is 57.3 Å². The van der Waals surface area contributed by atoms with Gasteiger partial charge in [-0.05, 0) is 0 Å². The fraction of sp³-hybridized carbons (Fsp3) is 0. The Morgan fingerprint density at radius 1 is 1.20 bits per heavy atom. The first-order valence-electron chi connectivity index (χ1n) is 0.309. The van der Waals surface area contributed by atoms with Crippen LogP contribution in [-0.2, 0) is 3.84 Å². The molecule has 0 saturated heterocycles. The van der Waals surface area contributed by atoms with Gasteiger partial charge in [-0.15, -0.1) is 0 Å². The summed E-state index contributed by atoms with van der Waals surface area (Å²) in [7, 11) is 0. The first-order chi connectivity index (χ1) is 1.41. The zero-order chi connectivity index (χ0) is 2.71. The Kier molecular flexibility index (Phi) is 51.5. The number of halogens is 2. The molecule has 0 atom stereocenters. The van der Waals surface area contributed by atoms with Crippen molar-refractivity contribution in [2.75, 3.05) is 0 Å². The molecule has 0 aromatic carbocycles. The quantitative estimate of drug-likeness (QED) is 0.504. The molecule has 5 heteroatoms. The summed E-state index contributed by atoms with van der Waals surface area (Å²) in [6.45, 7) is 0. The molecule has 30 valence electrons. The number of hydrogen-bond acceptors (Lipinski definition) is 1. The van der Waals surface area contributed by atoms with Crippen LogP contribution in [0.1, 0.15) is 0 Å². The van der Waals surface area contributed by atoms with Crippen molar-refractivity contribution in [2.45, 2.75) is 0 Å². The van der Waals surface area contributed by atoms with Crippen LogP contribution in [0.4, 0.5) is 0 Å². The molecule has 5 heavy (non-hydrogen) atoms. The van der Waals surface area contributed by atoms with Gasteiger partial charge in [0.25, 0.3) is 0 Å². The van der Waals surface area contributed by atoms with Crippen molar-refractivity contribution in [3.05, 3.63) is 0 Å². The van der Waals surface area contributed by atoms with Gasteiger partial charge in [0.1, 0.15) is 0 Å². The molecule has 0 rings (SSSR count). The molecule has 0 N–H and O–H groups in total. The summed E-state index contributed by atoms with van der Waals surface area (Å²) in [4.78, 5) is 0. The van der Waals surface area contributed by atoms with Crippen molar-refractivity contribution < 1.29 is 3.84 Å². The standard InChI is InChI=1S/BH3.Ba.Cl2O.2H/c;;1-3-2;;/h1H3;;;;. The van der Waals surface area contributed by atoms with Crippen molar-refractivity contribution in [3.63, 3.8) is 0 Å². The Hall–Kier alpha value is 2.18. The van der Waals surface area contributed by atoms with Gasteiger partial charge < -0.3 is 0 Å². The molecule has 0 saturated carbocycles. The zero-order valence-corrected chi connectivity index (χ0v) is 2.68. The van der Waals surface area contributed by atoms with Crippen LogP contribution in [0, 0.1) is 0 Å². The van der Waals surface area contributed by atoms with E-state index >= 15 is 0 Å². The van der Waals surface area contributed by atoms with Crippen LogP contribution >= 0.6 is 23.7 Å². The average Bonchev–Trinajstić information content (AvgIpc) is 0.918. The van der Waals surface area contributed by atoms with Gasteiger partial charge in [-0.1, -0.05) is 0 Å². The van der Waals surface area contributed by atoms with E-state index in [1.54, 1.807) is 0 Å². The SMILES string of the molecule is B.ClOCl.[BaH2]. The van der Waals surface area contributed by atoms with Gasteiger partial charge in [0, 0.05) is 0 Å². The Balaban J connectivity index is -0.0000000200. The zero-order valence-electron chi connectivity index (χ0n) is 1.16. The molecule has 0 aliphatic rings. The van der Waals surface area contributed by atoms with Gasteiger partial charge in [0.05, 0.1) is 32.1 Å². The van der Waals surface area contributed by atoms with Crippen molar-refractivity contribution in [2.24, 2.45) is 0 Å². The molecular weight excluding hydrogens is 235 g/mol. The summed E-state index contributed by atoms with van der Waals surface area (Å²) < 4.78 is 3.19. The van der Waals surface area contributed by atoms with E-state index in [0.717, 1.165) is 0 Å². The van der Waals surface area contributed by atoms with Crippen molar-refractivity contribution in [1.29, 1.82) is 0 Å². The van der Waals surface area contributed by atoms with E-state index < -0.39 is 0 Å². The molecule has 0 bridgehead atoms. The Morgan fingerprint density at radius 2 is 1.20 bits per heavy atom. The van der Waals surface area contributed by atoms with Gasteiger partial charge in [-0.25, -0.2) is 0 Å².